The molecule has 5 heteroatoms. The maximum atomic E-state index is 12.2. The van der Waals surface area contributed by atoms with E-state index >= 15 is 0 Å². The molecule has 0 saturated heterocycles. The Morgan fingerprint density at radius 2 is 1.45 bits per heavy atom. The molecular weight excluding hydrogens is 412 g/mol. The van der Waals surface area contributed by atoms with Gasteiger partial charge >= 0.3 is 0 Å². The van der Waals surface area contributed by atoms with Crippen molar-refractivity contribution in [3.05, 3.63) is 114 Å². The maximum Gasteiger partial charge on any atom is 0.262 e. The van der Waals surface area contributed by atoms with E-state index in [1.807, 2.05) is 110 Å². The van der Waals surface area contributed by atoms with Crippen LogP contribution in [0.1, 0.15) is 11.1 Å². The molecule has 0 atom stereocenters. The molecule has 0 fully saturated rings. The molecule has 0 aliphatic rings. The predicted molar refractivity (Wildman–Crippen MR) is 132 cm³/mol. The molecule has 0 bridgehead atoms. The van der Waals surface area contributed by atoms with Crippen molar-refractivity contribution in [3.63, 3.8) is 0 Å². The summed E-state index contributed by atoms with van der Waals surface area (Å²) in [6, 6.07) is 32.9. The molecule has 4 rings (SSSR count). The number of aryl methyl sites for hydroxylation is 1. The first kappa shape index (κ1) is 22.0. The smallest absolute Gasteiger partial charge is 0.262 e. The lowest BCUT2D eigenvalue weighted by molar-refractivity contribution is -0.118. The first-order chi connectivity index (χ1) is 16.1. The summed E-state index contributed by atoms with van der Waals surface area (Å²) < 4.78 is 11.5. The van der Waals surface area contributed by atoms with Crippen molar-refractivity contribution in [2.75, 3.05) is 17.2 Å². The van der Waals surface area contributed by atoms with Gasteiger partial charge in [0.25, 0.3) is 5.91 Å². The van der Waals surface area contributed by atoms with Gasteiger partial charge in [-0.15, -0.1) is 0 Å². The van der Waals surface area contributed by atoms with E-state index in [4.69, 9.17) is 9.47 Å². The van der Waals surface area contributed by atoms with E-state index in [0.717, 1.165) is 34.0 Å². The maximum absolute atomic E-state index is 12.2. The molecule has 0 radical (unpaired) electrons. The van der Waals surface area contributed by atoms with Crippen molar-refractivity contribution < 1.29 is 14.3 Å². The zero-order chi connectivity index (χ0) is 22.9. The average molecular weight is 439 g/mol. The highest BCUT2D eigenvalue weighted by Crippen LogP contribution is 2.23. The lowest BCUT2D eigenvalue weighted by atomic mass is 10.2. The fraction of sp³-hybridized carbons (Fsp3) is 0.107. The minimum Gasteiger partial charge on any atom is -0.484 e. The molecule has 0 aromatic heterocycles. The number of benzene rings is 4. The van der Waals surface area contributed by atoms with Crippen molar-refractivity contribution in [1.82, 2.24) is 0 Å². The van der Waals surface area contributed by atoms with Crippen molar-refractivity contribution >= 4 is 17.3 Å². The lowest BCUT2D eigenvalue weighted by Gasteiger charge is -2.11. The zero-order valence-electron chi connectivity index (χ0n) is 18.5. The van der Waals surface area contributed by atoms with Gasteiger partial charge in [0, 0.05) is 17.9 Å². The summed E-state index contributed by atoms with van der Waals surface area (Å²) in [7, 11) is 0. The van der Waals surface area contributed by atoms with Crippen LogP contribution in [0.25, 0.3) is 0 Å². The topological polar surface area (TPSA) is 59.6 Å². The Labute approximate surface area is 194 Å². The summed E-state index contributed by atoms with van der Waals surface area (Å²) in [5, 5.41) is 6.24. The predicted octanol–water partition coefficient (Wildman–Crippen LogP) is 6.42. The summed E-state index contributed by atoms with van der Waals surface area (Å²) >= 11 is 0. The van der Waals surface area contributed by atoms with Gasteiger partial charge in [-0.25, -0.2) is 0 Å². The van der Waals surface area contributed by atoms with Crippen LogP contribution in [0.4, 0.5) is 11.4 Å². The van der Waals surface area contributed by atoms with E-state index in [1.165, 1.54) is 0 Å². The van der Waals surface area contributed by atoms with Crippen LogP contribution in [-0.4, -0.2) is 12.5 Å². The van der Waals surface area contributed by atoms with Crippen LogP contribution in [-0.2, 0) is 11.3 Å². The quantitative estimate of drug-likeness (QED) is 0.317. The number of carbonyl (C=O) groups is 1. The Kier molecular flexibility index (Phi) is 7.23. The molecular formula is C28H26N2O3. The van der Waals surface area contributed by atoms with E-state index in [9.17, 15) is 4.79 Å². The van der Waals surface area contributed by atoms with E-state index in [1.54, 1.807) is 0 Å². The van der Waals surface area contributed by atoms with Crippen LogP contribution >= 0.6 is 0 Å². The second-order valence-corrected chi connectivity index (χ2v) is 7.65. The molecule has 0 unspecified atom stereocenters. The van der Waals surface area contributed by atoms with Gasteiger partial charge in [-0.05, 0) is 78.7 Å². The van der Waals surface area contributed by atoms with Crippen LogP contribution in [0, 0.1) is 6.92 Å². The fourth-order valence-corrected chi connectivity index (χ4v) is 3.28. The van der Waals surface area contributed by atoms with Crippen LogP contribution in [0.2, 0.25) is 0 Å². The minimum atomic E-state index is -0.193. The molecule has 4 aromatic rings. The number of anilines is 2. The van der Waals surface area contributed by atoms with Crippen molar-refractivity contribution in [2.45, 2.75) is 13.5 Å². The molecule has 0 spiro atoms. The summed E-state index contributed by atoms with van der Waals surface area (Å²) in [4.78, 5) is 12.2. The summed E-state index contributed by atoms with van der Waals surface area (Å²) in [6.45, 7) is 2.57. The number of carbonyl (C=O) groups excluding carboxylic acids is 1. The molecule has 33 heavy (non-hydrogen) atoms. The molecule has 166 valence electrons. The van der Waals surface area contributed by atoms with Crippen molar-refractivity contribution in [1.29, 1.82) is 0 Å². The summed E-state index contributed by atoms with van der Waals surface area (Å²) in [5.41, 5.74) is 3.89. The largest absolute Gasteiger partial charge is 0.484 e. The Hall–Kier alpha value is -4.25. The van der Waals surface area contributed by atoms with Gasteiger partial charge in [0.15, 0.2) is 6.61 Å². The number of para-hydroxylation sites is 1. The number of amides is 1. The standard InChI is InChI=1S/C28H26N2O3/c1-21-7-5-9-24(17-21)30-28(31)20-32-27-12-6-8-22(18-27)19-29-23-13-15-26(16-14-23)33-25-10-3-2-4-11-25/h2-18,29H,19-20H2,1H3,(H,30,31). The third kappa shape index (κ3) is 6.87. The highest BCUT2D eigenvalue weighted by molar-refractivity contribution is 5.91. The van der Waals surface area contributed by atoms with Gasteiger partial charge < -0.3 is 20.1 Å². The highest BCUT2D eigenvalue weighted by Gasteiger charge is 2.05. The van der Waals surface area contributed by atoms with Crippen LogP contribution < -0.4 is 20.1 Å². The number of hydrogen-bond acceptors (Lipinski definition) is 4. The molecule has 0 aliphatic heterocycles. The Bertz CT molecular complexity index is 1190. The van der Waals surface area contributed by atoms with Gasteiger partial charge in [-0.1, -0.05) is 42.5 Å². The Morgan fingerprint density at radius 3 is 2.24 bits per heavy atom. The van der Waals surface area contributed by atoms with E-state index < -0.39 is 0 Å². The Morgan fingerprint density at radius 1 is 0.727 bits per heavy atom. The Balaban J connectivity index is 1.26. The van der Waals surface area contributed by atoms with Crippen molar-refractivity contribution in [3.8, 4) is 17.2 Å². The molecule has 1 amide bonds. The fourth-order valence-electron chi connectivity index (χ4n) is 3.28. The number of hydrogen-bond donors (Lipinski definition) is 2. The van der Waals surface area contributed by atoms with Crippen LogP contribution in [0.15, 0.2) is 103 Å². The molecule has 4 aromatic carbocycles. The SMILES string of the molecule is Cc1cccc(NC(=O)COc2cccc(CNc3ccc(Oc4ccccc4)cc3)c2)c1. The molecule has 2 N–H and O–H groups in total. The van der Waals surface area contributed by atoms with E-state index in [0.29, 0.717) is 12.3 Å². The number of rotatable bonds is 9. The molecule has 5 nitrogen and oxygen atoms in total. The molecule has 0 saturated carbocycles. The normalized spacial score (nSPS) is 10.3. The van der Waals surface area contributed by atoms with Gasteiger partial charge in [-0.3, -0.25) is 4.79 Å². The first-order valence-electron chi connectivity index (χ1n) is 10.8. The average Bonchev–Trinajstić information content (AvgIpc) is 2.83. The third-order valence-corrected chi connectivity index (χ3v) is 4.90. The summed E-state index contributed by atoms with van der Waals surface area (Å²) in [6.07, 6.45) is 0. The van der Waals surface area contributed by atoms with Gasteiger partial charge in [0.05, 0.1) is 0 Å². The second kappa shape index (κ2) is 10.9. The third-order valence-electron chi connectivity index (χ3n) is 4.90. The van der Waals surface area contributed by atoms with Crippen LogP contribution in [0.3, 0.4) is 0 Å². The number of nitrogens with one attached hydrogen (secondary N) is 2. The van der Waals surface area contributed by atoms with Gasteiger partial charge in [0.2, 0.25) is 0 Å². The second-order valence-electron chi connectivity index (χ2n) is 7.65. The van der Waals surface area contributed by atoms with Gasteiger partial charge in [-0.2, -0.15) is 0 Å². The van der Waals surface area contributed by atoms with Gasteiger partial charge in [0.1, 0.15) is 17.2 Å². The molecule has 0 heterocycles. The number of ether oxygens (including phenoxy) is 2. The van der Waals surface area contributed by atoms with Crippen LogP contribution in [0.5, 0.6) is 17.2 Å². The van der Waals surface area contributed by atoms with E-state index in [-0.39, 0.29) is 12.5 Å². The first-order valence-corrected chi connectivity index (χ1v) is 10.8. The lowest BCUT2D eigenvalue weighted by Crippen LogP contribution is -2.20. The van der Waals surface area contributed by atoms with Crippen molar-refractivity contribution in [2.24, 2.45) is 0 Å². The zero-order valence-corrected chi connectivity index (χ0v) is 18.5. The highest BCUT2D eigenvalue weighted by atomic mass is 16.5. The summed E-state index contributed by atoms with van der Waals surface area (Å²) in [5.74, 6) is 2.05. The molecule has 0 aliphatic carbocycles. The monoisotopic (exact) mass is 438 g/mol. The minimum absolute atomic E-state index is 0.0479. The van der Waals surface area contributed by atoms with E-state index in [2.05, 4.69) is 10.6 Å².